The molecule has 0 spiro atoms. The Kier molecular flexibility index (Phi) is 4.00. The summed E-state index contributed by atoms with van der Waals surface area (Å²) in [5.41, 5.74) is 3.35. The molecule has 2 rings (SSSR count). The third kappa shape index (κ3) is 3.20. The van der Waals surface area contributed by atoms with Crippen molar-refractivity contribution < 1.29 is 8.81 Å². The molecule has 1 aromatic carbocycles. The predicted molar refractivity (Wildman–Crippen MR) is 72.4 cm³/mol. The highest BCUT2D eigenvalue weighted by molar-refractivity contribution is 5.30. The fourth-order valence-electron chi connectivity index (χ4n) is 2.07. The molecule has 0 unspecified atom stereocenters. The number of aromatic nitrogens is 1. The highest BCUT2D eigenvalue weighted by atomic mass is 19.1. The number of halogens is 1. The molecule has 0 saturated heterocycles. The Morgan fingerprint density at radius 1 is 1.11 bits per heavy atom. The number of aryl methyl sites for hydroxylation is 4. The Hall–Kier alpha value is -1.68. The van der Waals surface area contributed by atoms with Crippen molar-refractivity contribution in [3.63, 3.8) is 0 Å². The van der Waals surface area contributed by atoms with E-state index in [2.05, 4.69) is 10.3 Å². The van der Waals surface area contributed by atoms with E-state index >= 15 is 0 Å². The maximum Gasteiger partial charge on any atom is 0.208 e. The van der Waals surface area contributed by atoms with Crippen LogP contribution in [0.4, 0.5) is 4.39 Å². The van der Waals surface area contributed by atoms with E-state index in [1.165, 1.54) is 0 Å². The minimum absolute atomic E-state index is 0.122. The molecular formula is C15H19FN2O. The summed E-state index contributed by atoms with van der Waals surface area (Å²) < 4.78 is 19.0. The lowest BCUT2D eigenvalue weighted by molar-refractivity contribution is 0.448. The number of oxazole rings is 1. The second kappa shape index (κ2) is 5.53. The normalized spacial score (nSPS) is 11.0. The molecule has 1 N–H and O–H groups in total. The molecule has 0 radical (unpaired) electrons. The molecule has 0 atom stereocenters. The van der Waals surface area contributed by atoms with Crippen LogP contribution in [0.3, 0.4) is 0 Å². The highest BCUT2D eigenvalue weighted by Gasteiger charge is 2.06. The molecule has 0 aliphatic rings. The molecule has 0 amide bonds. The predicted octanol–water partition coefficient (Wildman–Crippen LogP) is 3.34. The van der Waals surface area contributed by atoms with Gasteiger partial charge in [-0.2, -0.15) is 0 Å². The quantitative estimate of drug-likeness (QED) is 0.918. The van der Waals surface area contributed by atoms with E-state index < -0.39 is 0 Å². The molecule has 4 heteroatoms. The first-order chi connectivity index (χ1) is 8.97. The minimum Gasteiger partial charge on any atom is -0.444 e. The second-order valence-corrected chi connectivity index (χ2v) is 4.90. The van der Waals surface area contributed by atoms with Gasteiger partial charge in [-0.3, -0.25) is 0 Å². The van der Waals surface area contributed by atoms with E-state index in [4.69, 9.17) is 4.42 Å². The molecule has 3 nitrogen and oxygen atoms in total. The van der Waals surface area contributed by atoms with Crippen LogP contribution in [0.5, 0.6) is 0 Å². The fraction of sp³-hybridized carbons (Fsp3) is 0.400. The van der Waals surface area contributed by atoms with Crippen LogP contribution in [-0.4, -0.2) is 4.98 Å². The van der Waals surface area contributed by atoms with Gasteiger partial charge in [0.05, 0.1) is 12.2 Å². The van der Waals surface area contributed by atoms with Gasteiger partial charge in [0.15, 0.2) is 0 Å². The third-order valence-electron chi connectivity index (χ3n) is 3.17. The van der Waals surface area contributed by atoms with Crippen LogP contribution in [0.2, 0.25) is 0 Å². The summed E-state index contributed by atoms with van der Waals surface area (Å²) >= 11 is 0. The van der Waals surface area contributed by atoms with Crippen molar-refractivity contribution in [3.8, 4) is 0 Å². The molecule has 2 aromatic rings. The molecule has 19 heavy (non-hydrogen) atoms. The number of rotatable bonds is 4. The molecule has 1 heterocycles. The van der Waals surface area contributed by atoms with E-state index in [0.717, 1.165) is 17.0 Å². The van der Waals surface area contributed by atoms with Crippen molar-refractivity contribution in [2.45, 2.75) is 40.8 Å². The zero-order chi connectivity index (χ0) is 14.0. The van der Waals surface area contributed by atoms with E-state index in [1.807, 2.05) is 26.0 Å². The summed E-state index contributed by atoms with van der Waals surface area (Å²) in [5.74, 6) is 1.42. The molecule has 0 aliphatic heterocycles. The molecule has 0 bridgehead atoms. The summed E-state index contributed by atoms with van der Waals surface area (Å²) in [6.45, 7) is 8.64. The number of benzene rings is 1. The fourth-order valence-corrected chi connectivity index (χ4v) is 2.07. The maximum atomic E-state index is 13.5. The molecule has 0 aliphatic carbocycles. The highest BCUT2D eigenvalue weighted by Crippen LogP contribution is 2.15. The average molecular weight is 262 g/mol. The van der Waals surface area contributed by atoms with E-state index in [9.17, 15) is 4.39 Å². The van der Waals surface area contributed by atoms with Crippen LogP contribution in [0.25, 0.3) is 0 Å². The molecule has 0 fully saturated rings. The zero-order valence-electron chi connectivity index (χ0n) is 11.8. The minimum atomic E-state index is -0.122. The van der Waals surface area contributed by atoms with Crippen LogP contribution in [-0.2, 0) is 13.1 Å². The van der Waals surface area contributed by atoms with Crippen LogP contribution < -0.4 is 5.32 Å². The van der Waals surface area contributed by atoms with Crippen molar-refractivity contribution in [1.82, 2.24) is 10.3 Å². The number of nitrogens with one attached hydrogen (secondary N) is 1. The smallest absolute Gasteiger partial charge is 0.208 e. The van der Waals surface area contributed by atoms with Crippen molar-refractivity contribution >= 4 is 0 Å². The van der Waals surface area contributed by atoms with E-state index in [0.29, 0.717) is 30.1 Å². The monoisotopic (exact) mass is 262 g/mol. The van der Waals surface area contributed by atoms with Crippen LogP contribution in [0.15, 0.2) is 16.5 Å². The van der Waals surface area contributed by atoms with Gasteiger partial charge in [0.2, 0.25) is 5.89 Å². The SMILES string of the molecule is Cc1cc(CNCc2nc(C)c(C)o2)cc(C)c1F. The third-order valence-corrected chi connectivity index (χ3v) is 3.17. The lowest BCUT2D eigenvalue weighted by atomic mass is 10.1. The summed E-state index contributed by atoms with van der Waals surface area (Å²) in [6.07, 6.45) is 0. The van der Waals surface area contributed by atoms with Gasteiger partial charge in [0.25, 0.3) is 0 Å². The van der Waals surface area contributed by atoms with E-state index in [1.54, 1.807) is 13.8 Å². The number of hydrogen-bond donors (Lipinski definition) is 1. The van der Waals surface area contributed by atoms with Crippen molar-refractivity contribution in [2.75, 3.05) is 0 Å². The Labute approximate surface area is 112 Å². The Bertz CT molecular complexity index is 547. The zero-order valence-corrected chi connectivity index (χ0v) is 11.8. The molecular weight excluding hydrogens is 243 g/mol. The van der Waals surface area contributed by atoms with Crippen molar-refractivity contribution in [3.05, 3.63) is 52.0 Å². The Balaban J connectivity index is 1.96. The first-order valence-electron chi connectivity index (χ1n) is 6.36. The second-order valence-electron chi connectivity index (χ2n) is 4.90. The van der Waals surface area contributed by atoms with Gasteiger partial charge in [0, 0.05) is 6.54 Å². The molecule has 102 valence electrons. The summed E-state index contributed by atoms with van der Waals surface area (Å²) in [4.78, 5) is 4.30. The van der Waals surface area contributed by atoms with Crippen LogP contribution >= 0.6 is 0 Å². The van der Waals surface area contributed by atoms with Gasteiger partial charge in [0.1, 0.15) is 11.6 Å². The van der Waals surface area contributed by atoms with Crippen molar-refractivity contribution in [2.24, 2.45) is 0 Å². The van der Waals surface area contributed by atoms with Crippen LogP contribution in [0.1, 0.15) is 34.0 Å². The maximum absolute atomic E-state index is 13.5. The standard InChI is InChI=1S/C15H19FN2O/c1-9-5-13(6-10(2)15(9)16)7-17-8-14-18-11(3)12(4)19-14/h5-6,17H,7-8H2,1-4H3. The molecule has 0 saturated carbocycles. The lowest BCUT2D eigenvalue weighted by Crippen LogP contribution is -2.13. The average Bonchev–Trinajstić information content (AvgIpc) is 2.65. The lowest BCUT2D eigenvalue weighted by Gasteiger charge is -2.07. The first kappa shape index (κ1) is 13.7. The van der Waals surface area contributed by atoms with Crippen molar-refractivity contribution in [1.29, 1.82) is 0 Å². The Morgan fingerprint density at radius 2 is 1.74 bits per heavy atom. The number of hydrogen-bond acceptors (Lipinski definition) is 3. The first-order valence-corrected chi connectivity index (χ1v) is 6.36. The van der Waals surface area contributed by atoms with Gasteiger partial charge in [-0.15, -0.1) is 0 Å². The van der Waals surface area contributed by atoms with Gasteiger partial charge < -0.3 is 9.73 Å². The van der Waals surface area contributed by atoms with Gasteiger partial charge in [-0.1, -0.05) is 12.1 Å². The Morgan fingerprint density at radius 3 is 2.26 bits per heavy atom. The largest absolute Gasteiger partial charge is 0.444 e. The summed E-state index contributed by atoms with van der Waals surface area (Å²) in [7, 11) is 0. The van der Waals surface area contributed by atoms with Crippen LogP contribution in [0, 0.1) is 33.5 Å². The van der Waals surface area contributed by atoms with Gasteiger partial charge in [-0.05, 0) is 44.4 Å². The van der Waals surface area contributed by atoms with E-state index in [-0.39, 0.29) is 5.82 Å². The molecule has 1 aromatic heterocycles. The van der Waals surface area contributed by atoms with Gasteiger partial charge in [-0.25, -0.2) is 9.37 Å². The van der Waals surface area contributed by atoms with Gasteiger partial charge >= 0.3 is 0 Å². The number of nitrogens with zero attached hydrogens (tertiary/aromatic N) is 1. The summed E-state index contributed by atoms with van der Waals surface area (Å²) in [5, 5.41) is 3.25. The topological polar surface area (TPSA) is 38.1 Å². The summed E-state index contributed by atoms with van der Waals surface area (Å²) in [6, 6.07) is 3.72.